The molecule has 0 heterocycles. The normalized spacial score (nSPS) is 12.7. The number of carbonyl (C=O) groups is 2. The second-order valence-electron chi connectivity index (χ2n) is 9.63. The first-order valence-electron chi connectivity index (χ1n) is 11.0. The van der Waals surface area contributed by atoms with Crippen LogP contribution in [-0.2, 0) is 26.2 Å². The van der Waals surface area contributed by atoms with Gasteiger partial charge in [0.1, 0.15) is 12.6 Å². The summed E-state index contributed by atoms with van der Waals surface area (Å²) in [4.78, 5) is 28.0. The van der Waals surface area contributed by atoms with Crippen molar-refractivity contribution >= 4 is 43.5 Å². The molecule has 1 unspecified atom stereocenters. The molecule has 0 bridgehead atoms. The first-order valence-corrected chi connectivity index (χ1v) is 13.6. The maximum atomic E-state index is 13.6. The molecule has 1 N–H and O–H groups in total. The van der Waals surface area contributed by atoms with Crippen molar-refractivity contribution in [3.05, 3.63) is 63.6 Å². The summed E-state index contributed by atoms with van der Waals surface area (Å²) in [5, 5.41) is 2.91. The highest BCUT2D eigenvalue weighted by Gasteiger charge is 2.31. The van der Waals surface area contributed by atoms with Gasteiger partial charge in [-0.1, -0.05) is 40.2 Å². The molecule has 0 radical (unpaired) electrons. The topological polar surface area (TPSA) is 86.8 Å². The summed E-state index contributed by atoms with van der Waals surface area (Å²) in [5.74, 6) is -0.781. The van der Waals surface area contributed by atoms with Crippen LogP contribution in [0.3, 0.4) is 0 Å². The van der Waals surface area contributed by atoms with Crippen molar-refractivity contribution < 1.29 is 18.0 Å². The van der Waals surface area contributed by atoms with Crippen molar-refractivity contribution in [2.24, 2.45) is 0 Å². The predicted molar refractivity (Wildman–Crippen MR) is 140 cm³/mol. The molecule has 2 aromatic rings. The van der Waals surface area contributed by atoms with Crippen molar-refractivity contribution in [3.63, 3.8) is 0 Å². The molecule has 0 aliphatic heterocycles. The Hall–Kier alpha value is -2.39. The van der Waals surface area contributed by atoms with E-state index in [0.717, 1.165) is 31.7 Å². The lowest BCUT2D eigenvalue weighted by Gasteiger charge is -2.33. The van der Waals surface area contributed by atoms with Gasteiger partial charge in [0.25, 0.3) is 0 Å². The van der Waals surface area contributed by atoms with Crippen molar-refractivity contribution in [1.29, 1.82) is 0 Å². The maximum Gasteiger partial charge on any atom is 0.244 e. The second kappa shape index (κ2) is 10.9. The Morgan fingerprint density at radius 1 is 1.09 bits per heavy atom. The van der Waals surface area contributed by atoms with Crippen molar-refractivity contribution in [1.82, 2.24) is 10.2 Å². The molecule has 0 fully saturated rings. The summed E-state index contributed by atoms with van der Waals surface area (Å²) in [7, 11) is -3.76. The Morgan fingerprint density at radius 2 is 1.74 bits per heavy atom. The largest absolute Gasteiger partial charge is 0.350 e. The molecule has 34 heavy (non-hydrogen) atoms. The number of nitrogens with one attached hydrogen (secondary N) is 1. The van der Waals surface area contributed by atoms with Crippen LogP contribution in [0.4, 0.5) is 5.69 Å². The molecule has 9 heteroatoms. The van der Waals surface area contributed by atoms with Gasteiger partial charge in [-0.2, -0.15) is 0 Å². The standard InChI is InChI=1S/C25H34BrN3O4S/c1-17-11-12-18(2)22(13-17)29(34(7,32)33)16-23(30)28(15-20-9-8-10-21(26)14-20)19(3)24(31)27-25(4,5)6/h8-14,19H,15-16H2,1-7H3,(H,27,31). The summed E-state index contributed by atoms with van der Waals surface area (Å²) in [6.45, 7) is 10.7. The molecule has 1 atom stereocenters. The molecule has 0 saturated heterocycles. The number of carbonyl (C=O) groups excluding carboxylic acids is 2. The Morgan fingerprint density at radius 3 is 2.29 bits per heavy atom. The molecule has 0 saturated carbocycles. The summed E-state index contributed by atoms with van der Waals surface area (Å²) in [6.07, 6.45) is 1.08. The smallest absolute Gasteiger partial charge is 0.244 e. The van der Waals surface area contributed by atoms with Gasteiger partial charge in [-0.25, -0.2) is 8.42 Å². The van der Waals surface area contributed by atoms with Gasteiger partial charge < -0.3 is 10.2 Å². The quantitative estimate of drug-likeness (QED) is 0.533. The lowest BCUT2D eigenvalue weighted by atomic mass is 10.1. The molecule has 0 aromatic heterocycles. The third-order valence-corrected chi connectivity index (χ3v) is 6.84. The zero-order valence-electron chi connectivity index (χ0n) is 20.8. The van der Waals surface area contributed by atoms with Crippen LogP contribution in [0.15, 0.2) is 46.9 Å². The number of amides is 2. The number of rotatable bonds is 8. The molecule has 7 nitrogen and oxygen atoms in total. The molecule has 2 aromatic carbocycles. The Labute approximate surface area is 211 Å². The number of aryl methyl sites for hydroxylation is 2. The molecular weight excluding hydrogens is 518 g/mol. The van der Waals surface area contributed by atoms with Crippen LogP contribution in [0.5, 0.6) is 0 Å². The van der Waals surface area contributed by atoms with Gasteiger partial charge in [0.05, 0.1) is 11.9 Å². The summed E-state index contributed by atoms with van der Waals surface area (Å²) in [5.41, 5.74) is 2.40. The van der Waals surface area contributed by atoms with Gasteiger partial charge in [0, 0.05) is 16.6 Å². The number of anilines is 1. The summed E-state index contributed by atoms with van der Waals surface area (Å²) < 4.78 is 27.4. The first-order chi connectivity index (χ1) is 15.6. The summed E-state index contributed by atoms with van der Waals surface area (Å²) in [6, 6.07) is 12.1. The molecule has 2 rings (SSSR count). The van der Waals surface area contributed by atoms with Crippen LogP contribution < -0.4 is 9.62 Å². The zero-order valence-corrected chi connectivity index (χ0v) is 23.2. The van der Waals surface area contributed by atoms with Gasteiger partial charge in [0.2, 0.25) is 21.8 Å². The molecular formula is C25H34BrN3O4S. The van der Waals surface area contributed by atoms with Crippen LogP contribution in [0.2, 0.25) is 0 Å². The third-order valence-electron chi connectivity index (χ3n) is 5.22. The van der Waals surface area contributed by atoms with Gasteiger partial charge in [-0.15, -0.1) is 0 Å². The van der Waals surface area contributed by atoms with Crippen LogP contribution in [0.25, 0.3) is 0 Å². The fraction of sp³-hybridized carbons (Fsp3) is 0.440. The number of hydrogen-bond acceptors (Lipinski definition) is 4. The molecule has 0 spiro atoms. The van der Waals surface area contributed by atoms with E-state index < -0.39 is 34.1 Å². The van der Waals surface area contributed by atoms with E-state index in [1.807, 2.05) is 64.1 Å². The van der Waals surface area contributed by atoms with E-state index in [9.17, 15) is 18.0 Å². The highest BCUT2D eigenvalue weighted by Crippen LogP contribution is 2.25. The first kappa shape index (κ1) is 27.9. The SMILES string of the molecule is Cc1ccc(C)c(N(CC(=O)N(Cc2cccc(Br)c2)C(C)C(=O)NC(C)(C)C)S(C)(=O)=O)c1. The van der Waals surface area contributed by atoms with E-state index in [2.05, 4.69) is 21.2 Å². The van der Waals surface area contributed by atoms with E-state index in [4.69, 9.17) is 0 Å². The van der Waals surface area contributed by atoms with Gasteiger partial charge in [-0.3, -0.25) is 13.9 Å². The van der Waals surface area contributed by atoms with Crippen LogP contribution in [0.1, 0.15) is 44.4 Å². The van der Waals surface area contributed by atoms with Crippen molar-refractivity contribution in [3.8, 4) is 0 Å². The number of hydrogen-bond donors (Lipinski definition) is 1. The van der Waals surface area contributed by atoms with E-state index in [1.165, 1.54) is 4.90 Å². The minimum absolute atomic E-state index is 0.154. The minimum atomic E-state index is -3.76. The Kier molecular flexibility index (Phi) is 8.93. The predicted octanol–water partition coefficient (Wildman–Crippen LogP) is 4.16. The van der Waals surface area contributed by atoms with Crippen molar-refractivity contribution in [2.45, 2.75) is 59.7 Å². The zero-order chi connectivity index (χ0) is 25.8. The number of halogens is 1. The summed E-state index contributed by atoms with van der Waals surface area (Å²) >= 11 is 3.44. The highest BCUT2D eigenvalue weighted by molar-refractivity contribution is 9.10. The highest BCUT2D eigenvalue weighted by atomic mass is 79.9. The van der Waals surface area contributed by atoms with Gasteiger partial charge in [0.15, 0.2) is 0 Å². The van der Waals surface area contributed by atoms with E-state index in [0.29, 0.717) is 5.69 Å². The Bertz CT molecular complexity index is 1160. The Balaban J connectivity index is 2.45. The van der Waals surface area contributed by atoms with Crippen LogP contribution in [0, 0.1) is 13.8 Å². The van der Waals surface area contributed by atoms with E-state index in [-0.39, 0.29) is 12.5 Å². The number of benzene rings is 2. The average Bonchev–Trinajstić information content (AvgIpc) is 2.69. The van der Waals surface area contributed by atoms with Crippen molar-refractivity contribution in [2.75, 3.05) is 17.1 Å². The molecule has 2 amide bonds. The fourth-order valence-corrected chi connectivity index (χ4v) is 4.82. The lowest BCUT2D eigenvalue weighted by molar-refractivity contribution is -0.140. The molecule has 0 aliphatic carbocycles. The fourth-order valence-electron chi connectivity index (χ4n) is 3.47. The van der Waals surface area contributed by atoms with E-state index in [1.54, 1.807) is 19.9 Å². The molecule has 0 aliphatic rings. The third kappa shape index (κ3) is 7.84. The molecule has 186 valence electrons. The maximum absolute atomic E-state index is 13.6. The lowest BCUT2D eigenvalue weighted by Crippen LogP contribution is -2.54. The van der Waals surface area contributed by atoms with Crippen LogP contribution in [-0.4, -0.2) is 49.5 Å². The second-order valence-corrected chi connectivity index (χ2v) is 12.4. The van der Waals surface area contributed by atoms with Gasteiger partial charge >= 0.3 is 0 Å². The average molecular weight is 553 g/mol. The number of sulfonamides is 1. The monoisotopic (exact) mass is 551 g/mol. The van der Waals surface area contributed by atoms with Crippen LogP contribution >= 0.6 is 15.9 Å². The van der Waals surface area contributed by atoms with Gasteiger partial charge in [-0.05, 0) is 76.4 Å². The van der Waals surface area contributed by atoms with E-state index >= 15 is 0 Å². The minimum Gasteiger partial charge on any atom is -0.350 e. The number of nitrogens with zero attached hydrogens (tertiary/aromatic N) is 2.